The second-order valence-electron chi connectivity index (χ2n) is 8.25. The van der Waals surface area contributed by atoms with Crippen molar-refractivity contribution in [3.63, 3.8) is 0 Å². The summed E-state index contributed by atoms with van der Waals surface area (Å²) in [5.74, 6) is -2.13. The number of anilines is 1. The van der Waals surface area contributed by atoms with E-state index in [2.05, 4.69) is 6.58 Å². The molecule has 9 heteroatoms. The van der Waals surface area contributed by atoms with Gasteiger partial charge in [0.2, 0.25) is 5.91 Å². The van der Waals surface area contributed by atoms with Crippen molar-refractivity contribution in [3.8, 4) is 0 Å². The predicted octanol–water partition coefficient (Wildman–Crippen LogP) is 2.51. The van der Waals surface area contributed by atoms with Gasteiger partial charge in [-0.2, -0.15) is 0 Å². The van der Waals surface area contributed by atoms with Crippen LogP contribution in [0.1, 0.15) is 19.8 Å². The third-order valence-corrected chi connectivity index (χ3v) is 8.93. The van der Waals surface area contributed by atoms with Crippen LogP contribution in [0.5, 0.6) is 0 Å². The number of aliphatic hydroxyl groups is 1. The van der Waals surface area contributed by atoms with Crippen LogP contribution in [0.2, 0.25) is 5.02 Å². The molecule has 1 aromatic carbocycles. The van der Waals surface area contributed by atoms with Gasteiger partial charge in [-0.05, 0) is 31.9 Å². The van der Waals surface area contributed by atoms with Crippen LogP contribution < -0.4 is 4.90 Å². The number of nitrogens with zero attached hydrogens (tertiary/aromatic N) is 2. The number of aliphatic hydroxyl groups excluding tert-OH is 1. The minimum absolute atomic E-state index is 0.0265. The van der Waals surface area contributed by atoms with Crippen molar-refractivity contribution in [2.75, 3.05) is 31.2 Å². The summed E-state index contributed by atoms with van der Waals surface area (Å²) in [5.41, 5.74) is 0.537. The normalized spacial score (nSPS) is 30.3. The molecular formula is C23H27ClN2O5S. The van der Waals surface area contributed by atoms with Crippen molar-refractivity contribution in [2.45, 2.75) is 35.8 Å². The number of rotatable bonds is 8. The number of likely N-dealkylation sites (tertiary alicyclic amines) is 1. The number of benzene rings is 1. The van der Waals surface area contributed by atoms with Crippen LogP contribution >= 0.6 is 23.4 Å². The second-order valence-corrected chi connectivity index (χ2v) is 10.3. The zero-order valence-corrected chi connectivity index (χ0v) is 19.5. The summed E-state index contributed by atoms with van der Waals surface area (Å²) in [7, 11) is 0. The van der Waals surface area contributed by atoms with E-state index in [0.29, 0.717) is 17.1 Å². The van der Waals surface area contributed by atoms with Crippen molar-refractivity contribution < 1.29 is 24.2 Å². The summed E-state index contributed by atoms with van der Waals surface area (Å²) >= 11 is 7.97. The SMILES string of the molecule is C=CCN(C(=O)C1N(CCO)C(=O)[C@@H]2[C@@H](C(=O)OCC)[C@H]3CCC12S3)c1ccccc1Cl. The van der Waals surface area contributed by atoms with Crippen molar-refractivity contribution in [1.29, 1.82) is 0 Å². The number of thioether (sulfide) groups is 1. The Labute approximate surface area is 196 Å². The number of fused-ring (bicyclic) bond motifs is 1. The molecule has 172 valence electrons. The van der Waals surface area contributed by atoms with Crippen molar-refractivity contribution >= 4 is 46.8 Å². The van der Waals surface area contributed by atoms with E-state index in [1.807, 2.05) is 0 Å². The molecule has 7 nitrogen and oxygen atoms in total. The van der Waals surface area contributed by atoms with Gasteiger partial charge >= 0.3 is 5.97 Å². The summed E-state index contributed by atoms with van der Waals surface area (Å²) in [6.45, 7) is 5.73. The van der Waals surface area contributed by atoms with E-state index in [9.17, 15) is 19.5 Å². The molecule has 3 fully saturated rings. The number of esters is 1. The van der Waals surface area contributed by atoms with Gasteiger partial charge in [0.15, 0.2) is 0 Å². The maximum atomic E-state index is 14.1. The highest BCUT2D eigenvalue weighted by Crippen LogP contribution is 2.66. The van der Waals surface area contributed by atoms with Crippen LogP contribution in [0.3, 0.4) is 0 Å². The lowest BCUT2D eigenvalue weighted by atomic mass is 9.71. The molecule has 32 heavy (non-hydrogen) atoms. The summed E-state index contributed by atoms with van der Waals surface area (Å²) in [5, 5.41) is 10.0. The molecule has 1 spiro atoms. The van der Waals surface area contributed by atoms with Crippen LogP contribution in [0.15, 0.2) is 36.9 Å². The maximum Gasteiger partial charge on any atom is 0.310 e. The molecule has 2 amide bonds. The largest absolute Gasteiger partial charge is 0.466 e. The van der Waals surface area contributed by atoms with E-state index in [1.54, 1.807) is 53.9 Å². The molecule has 0 radical (unpaired) electrons. The van der Waals surface area contributed by atoms with E-state index >= 15 is 0 Å². The quantitative estimate of drug-likeness (QED) is 0.456. The molecule has 5 atom stereocenters. The summed E-state index contributed by atoms with van der Waals surface area (Å²) in [4.78, 5) is 43.4. The maximum absolute atomic E-state index is 14.1. The predicted molar refractivity (Wildman–Crippen MR) is 124 cm³/mol. The Morgan fingerprint density at radius 2 is 2.19 bits per heavy atom. The zero-order valence-electron chi connectivity index (χ0n) is 17.9. The Kier molecular flexibility index (Phi) is 6.56. The molecule has 3 aliphatic heterocycles. The third-order valence-electron chi connectivity index (χ3n) is 6.65. The van der Waals surface area contributed by atoms with Gasteiger partial charge in [0.1, 0.15) is 6.04 Å². The molecule has 3 heterocycles. The zero-order chi connectivity index (χ0) is 23.0. The monoisotopic (exact) mass is 478 g/mol. The Morgan fingerprint density at radius 3 is 2.84 bits per heavy atom. The van der Waals surface area contributed by atoms with Crippen LogP contribution in [0.25, 0.3) is 0 Å². The molecule has 0 aromatic heterocycles. The number of carbonyl (C=O) groups excluding carboxylic acids is 3. The minimum Gasteiger partial charge on any atom is -0.466 e. The fraction of sp³-hybridized carbons (Fsp3) is 0.522. The van der Waals surface area contributed by atoms with E-state index in [4.69, 9.17) is 16.3 Å². The fourth-order valence-corrected chi connectivity index (χ4v) is 7.98. The molecule has 2 unspecified atom stereocenters. The minimum atomic E-state index is -0.808. The standard InChI is InChI=1S/C23H27ClN2O5S/c1-3-11-25(15-8-6-5-7-14(15)24)21(29)19-23-10-9-16(32-23)17(22(30)31-4-2)18(23)20(28)26(19)12-13-27/h3,5-8,16-19,27H,1,4,9-13H2,2H3/t16-,17+,18+,19?,23?/m1/s1. The molecule has 1 N–H and O–H groups in total. The van der Waals surface area contributed by atoms with E-state index < -0.39 is 22.6 Å². The van der Waals surface area contributed by atoms with Gasteiger partial charge in [-0.15, -0.1) is 18.3 Å². The number of ether oxygens (including phenoxy) is 1. The summed E-state index contributed by atoms with van der Waals surface area (Å²) < 4.78 is 4.57. The van der Waals surface area contributed by atoms with Crippen LogP contribution in [-0.2, 0) is 19.1 Å². The molecule has 3 saturated heterocycles. The molecular weight excluding hydrogens is 452 g/mol. The topological polar surface area (TPSA) is 87.2 Å². The highest BCUT2D eigenvalue weighted by molar-refractivity contribution is 8.02. The average molecular weight is 479 g/mol. The highest BCUT2D eigenvalue weighted by Gasteiger charge is 2.74. The third kappa shape index (κ3) is 3.43. The number of hydrogen-bond donors (Lipinski definition) is 1. The molecule has 0 aliphatic carbocycles. The molecule has 2 bridgehead atoms. The summed E-state index contributed by atoms with van der Waals surface area (Å²) in [6.07, 6.45) is 3.00. The Hall–Kier alpha value is -2.03. The second kappa shape index (κ2) is 9.08. The lowest BCUT2D eigenvalue weighted by Gasteiger charge is -2.37. The van der Waals surface area contributed by atoms with Crippen molar-refractivity contribution in [3.05, 3.63) is 41.9 Å². The van der Waals surface area contributed by atoms with Gasteiger partial charge in [-0.3, -0.25) is 14.4 Å². The molecule has 4 rings (SSSR count). The van der Waals surface area contributed by atoms with Gasteiger partial charge in [-0.1, -0.05) is 29.8 Å². The van der Waals surface area contributed by atoms with E-state index in [1.165, 1.54) is 4.90 Å². The van der Waals surface area contributed by atoms with Gasteiger partial charge in [0.25, 0.3) is 5.91 Å². The number of halogens is 1. The van der Waals surface area contributed by atoms with Crippen molar-refractivity contribution in [2.24, 2.45) is 11.8 Å². The van der Waals surface area contributed by atoms with Gasteiger partial charge in [0, 0.05) is 18.3 Å². The average Bonchev–Trinajstić information content (AvgIpc) is 3.41. The summed E-state index contributed by atoms with van der Waals surface area (Å²) in [6, 6.07) is 6.24. The van der Waals surface area contributed by atoms with E-state index in [0.717, 1.165) is 6.42 Å². The highest BCUT2D eigenvalue weighted by atomic mass is 35.5. The number of para-hydroxylation sites is 1. The lowest BCUT2D eigenvalue weighted by Crippen LogP contribution is -2.55. The Balaban J connectivity index is 1.77. The van der Waals surface area contributed by atoms with E-state index in [-0.39, 0.29) is 49.3 Å². The number of carbonyl (C=O) groups is 3. The molecule has 1 aromatic rings. The van der Waals surface area contributed by atoms with Crippen molar-refractivity contribution in [1.82, 2.24) is 4.90 Å². The first kappa shape index (κ1) is 23.1. The van der Waals surface area contributed by atoms with Gasteiger partial charge < -0.3 is 19.6 Å². The smallest absolute Gasteiger partial charge is 0.310 e. The first-order chi connectivity index (χ1) is 15.4. The van der Waals surface area contributed by atoms with Crippen LogP contribution in [-0.4, -0.2) is 70.1 Å². The number of amides is 2. The number of β-amino-alcohol motifs (C(OH)–C–C–N with tert-alkyl or cyclic N) is 1. The number of hydrogen-bond acceptors (Lipinski definition) is 6. The van der Waals surface area contributed by atoms with Gasteiger partial charge in [0.05, 0.1) is 40.5 Å². The first-order valence-electron chi connectivity index (χ1n) is 10.8. The first-order valence-corrected chi connectivity index (χ1v) is 12.1. The van der Waals surface area contributed by atoms with Crippen LogP contribution in [0, 0.1) is 11.8 Å². The lowest BCUT2D eigenvalue weighted by molar-refractivity contribution is -0.153. The Bertz CT molecular complexity index is 943. The fourth-order valence-electron chi connectivity index (χ4n) is 5.54. The van der Waals surface area contributed by atoms with Gasteiger partial charge in [-0.25, -0.2) is 0 Å². The molecule has 3 aliphatic rings. The van der Waals surface area contributed by atoms with Crippen LogP contribution in [0.4, 0.5) is 5.69 Å². The Morgan fingerprint density at radius 1 is 1.44 bits per heavy atom. The molecule has 0 saturated carbocycles.